The van der Waals surface area contributed by atoms with Gasteiger partial charge in [-0.3, -0.25) is 4.79 Å². The van der Waals surface area contributed by atoms with E-state index in [9.17, 15) is 4.79 Å². The Labute approximate surface area is 79.1 Å². The van der Waals surface area contributed by atoms with E-state index in [2.05, 4.69) is 0 Å². The van der Waals surface area contributed by atoms with Crippen LogP contribution in [0.5, 0.6) is 0 Å². The molecule has 1 rings (SSSR count). The maximum absolute atomic E-state index is 10.8. The maximum atomic E-state index is 10.8. The lowest BCUT2D eigenvalue weighted by Gasteiger charge is -2.00. The molecule has 0 aromatic heterocycles. The topological polar surface area (TPSA) is 17.1 Å². The van der Waals surface area contributed by atoms with Crippen molar-refractivity contribution in [3.05, 3.63) is 41.5 Å². The van der Waals surface area contributed by atoms with Crippen LogP contribution in [0.4, 0.5) is 0 Å². The number of hydrogen-bond donors (Lipinski definition) is 0. The third-order valence-corrected chi connectivity index (χ3v) is 1.93. The van der Waals surface area contributed by atoms with Crippen LogP contribution in [0.3, 0.4) is 0 Å². The molecule has 13 heavy (non-hydrogen) atoms. The molecule has 0 radical (unpaired) electrons. The molecule has 0 fully saturated rings. The molecule has 0 aliphatic rings. The summed E-state index contributed by atoms with van der Waals surface area (Å²) in [5.74, 6) is 0.0954. The lowest BCUT2D eigenvalue weighted by molar-refractivity contribution is -0.112. The average molecular weight is 174 g/mol. The first-order valence-electron chi connectivity index (χ1n) is 4.35. The molecule has 0 amide bonds. The first kappa shape index (κ1) is 9.72. The molecule has 1 heteroatoms. The second-order valence-electron chi connectivity index (χ2n) is 3.30. The van der Waals surface area contributed by atoms with Crippen molar-refractivity contribution in [2.75, 3.05) is 0 Å². The van der Waals surface area contributed by atoms with Crippen LogP contribution in [0.15, 0.2) is 30.3 Å². The van der Waals surface area contributed by atoms with Crippen LogP contribution in [-0.4, -0.2) is 5.78 Å². The summed E-state index contributed by atoms with van der Waals surface area (Å²) in [6.45, 7) is 5.57. The van der Waals surface area contributed by atoms with E-state index in [1.807, 2.05) is 38.1 Å². The summed E-state index contributed by atoms with van der Waals surface area (Å²) in [6.07, 6.45) is 1.66. The summed E-state index contributed by atoms with van der Waals surface area (Å²) in [6, 6.07) is 8.16. The molecule has 68 valence electrons. The molecule has 0 spiro atoms. The summed E-state index contributed by atoms with van der Waals surface area (Å²) in [5.41, 5.74) is 3.37. The van der Waals surface area contributed by atoms with Crippen LogP contribution in [0.2, 0.25) is 0 Å². The summed E-state index contributed by atoms with van der Waals surface area (Å²) in [4.78, 5) is 10.8. The highest BCUT2D eigenvalue weighted by Gasteiger charge is 1.95. The summed E-state index contributed by atoms with van der Waals surface area (Å²) in [5, 5.41) is 0. The van der Waals surface area contributed by atoms with Crippen molar-refractivity contribution >= 4 is 11.4 Å². The fraction of sp³-hybridized carbons (Fsp3) is 0.250. The van der Waals surface area contributed by atoms with Gasteiger partial charge in [-0.05, 0) is 38.0 Å². The van der Waals surface area contributed by atoms with Crippen molar-refractivity contribution in [1.82, 2.24) is 0 Å². The second kappa shape index (κ2) is 4.04. The molecule has 0 heterocycles. The van der Waals surface area contributed by atoms with Crippen LogP contribution < -0.4 is 0 Å². The van der Waals surface area contributed by atoms with Gasteiger partial charge in [0.05, 0.1) is 0 Å². The van der Waals surface area contributed by atoms with Gasteiger partial charge >= 0.3 is 0 Å². The van der Waals surface area contributed by atoms with Crippen LogP contribution in [0, 0.1) is 6.92 Å². The summed E-state index contributed by atoms with van der Waals surface area (Å²) in [7, 11) is 0. The Hall–Kier alpha value is -1.37. The molecule has 0 N–H and O–H groups in total. The summed E-state index contributed by atoms with van der Waals surface area (Å²) >= 11 is 0. The zero-order valence-electron chi connectivity index (χ0n) is 8.29. The lowest BCUT2D eigenvalue weighted by Crippen LogP contribution is -1.86. The van der Waals surface area contributed by atoms with Crippen LogP contribution in [0.25, 0.3) is 5.57 Å². The highest BCUT2D eigenvalue weighted by atomic mass is 16.1. The van der Waals surface area contributed by atoms with Gasteiger partial charge in [-0.1, -0.05) is 29.8 Å². The van der Waals surface area contributed by atoms with Crippen molar-refractivity contribution in [1.29, 1.82) is 0 Å². The Balaban J connectivity index is 2.96. The molecular formula is C12H14O. The maximum Gasteiger partial charge on any atom is 0.152 e. The van der Waals surface area contributed by atoms with E-state index in [0.717, 1.165) is 11.1 Å². The zero-order chi connectivity index (χ0) is 9.84. The minimum atomic E-state index is 0.0954. The Morgan fingerprint density at radius 1 is 1.15 bits per heavy atom. The smallest absolute Gasteiger partial charge is 0.152 e. The van der Waals surface area contributed by atoms with Crippen LogP contribution in [-0.2, 0) is 4.79 Å². The largest absolute Gasteiger partial charge is 0.295 e. The first-order chi connectivity index (χ1) is 6.09. The van der Waals surface area contributed by atoms with E-state index in [1.54, 1.807) is 13.0 Å². The molecule has 0 aliphatic heterocycles. The predicted molar refractivity (Wildman–Crippen MR) is 55.5 cm³/mol. The van der Waals surface area contributed by atoms with E-state index in [-0.39, 0.29) is 5.78 Å². The number of ketones is 1. The fourth-order valence-corrected chi connectivity index (χ4v) is 1.20. The SMILES string of the molecule is CC(=O)/C=C(/C)c1ccc(C)cc1. The average Bonchev–Trinajstić information content (AvgIpc) is 2.04. The third-order valence-electron chi connectivity index (χ3n) is 1.93. The van der Waals surface area contributed by atoms with E-state index >= 15 is 0 Å². The van der Waals surface area contributed by atoms with Crippen molar-refractivity contribution in [2.45, 2.75) is 20.8 Å². The van der Waals surface area contributed by atoms with Crippen LogP contribution in [0.1, 0.15) is 25.0 Å². The van der Waals surface area contributed by atoms with Gasteiger partial charge in [0.1, 0.15) is 0 Å². The lowest BCUT2D eigenvalue weighted by atomic mass is 10.0. The Morgan fingerprint density at radius 3 is 2.15 bits per heavy atom. The number of aryl methyl sites for hydroxylation is 1. The predicted octanol–water partition coefficient (Wildman–Crippen LogP) is 2.99. The minimum Gasteiger partial charge on any atom is -0.295 e. The molecule has 0 saturated heterocycles. The van der Waals surface area contributed by atoms with Gasteiger partial charge in [0, 0.05) is 0 Å². The number of rotatable bonds is 2. The van der Waals surface area contributed by atoms with Gasteiger partial charge in [0.25, 0.3) is 0 Å². The highest BCUT2D eigenvalue weighted by molar-refractivity contribution is 5.94. The van der Waals surface area contributed by atoms with Gasteiger partial charge in [0.2, 0.25) is 0 Å². The Kier molecular flexibility index (Phi) is 3.02. The monoisotopic (exact) mass is 174 g/mol. The Bertz CT molecular complexity index is 331. The number of allylic oxidation sites excluding steroid dienone is 2. The van der Waals surface area contributed by atoms with Gasteiger partial charge in [-0.25, -0.2) is 0 Å². The third kappa shape index (κ3) is 2.86. The normalized spacial score (nSPS) is 11.5. The van der Waals surface area contributed by atoms with Crippen molar-refractivity contribution in [2.24, 2.45) is 0 Å². The molecule has 0 atom stereocenters. The molecular weight excluding hydrogens is 160 g/mol. The van der Waals surface area contributed by atoms with E-state index in [0.29, 0.717) is 0 Å². The summed E-state index contributed by atoms with van der Waals surface area (Å²) < 4.78 is 0. The number of carbonyl (C=O) groups excluding carboxylic acids is 1. The number of benzene rings is 1. The van der Waals surface area contributed by atoms with E-state index in [4.69, 9.17) is 0 Å². The van der Waals surface area contributed by atoms with Crippen molar-refractivity contribution < 1.29 is 4.79 Å². The second-order valence-corrected chi connectivity index (χ2v) is 3.30. The standard InChI is InChI=1S/C12H14O/c1-9-4-6-12(7-5-9)10(2)8-11(3)13/h4-8H,1-3H3/b10-8-. The molecule has 0 bridgehead atoms. The zero-order valence-corrected chi connectivity index (χ0v) is 8.29. The van der Waals surface area contributed by atoms with Gasteiger partial charge in [-0.15, -0.1) is 0 Å². The number of carbonyl (C=O) groups is 1. The highest BCUT2D eigenvalue weighted by Crippen LogP contribution is 2.13. The van der Waals surface area contributed by atoms with Crippen molar-refractivity contribution in [3.8, 4) is 0 Å². The first-order valence-corrected chi connectivity index (χ1v) is 4.35. The molecule has 1 aromatic carbocycles. The fourth-order valence-electron chi connectivity index (χ4n) is 1.20. The van der Waals surface area contributed by atoms with E-state index in [1.165, 1.54) is 5.56 Å². The van der Waals surface area contributed by atoms with Gasteiger partial charge < -0.3 is 0 Å². The van der Waals surface area contributed by atoms with Crippen LogP contribution >= 0.6 is 0 Å². The molecule has 1 aromatic rings. The van der Waals surface area contributed by atoms with Gasteiger partial charge in [-0.2, -0.15) is 0 Å². The van der Waals surface area contributed by atoms with E-state index < -0.39 is 0 Å². The quantitative estimate of drug-likeness (QED) is 0.630. The van der Waals surface area contributed by atoms with Crippen molar-refractivity contribution in [3.63, 3.8) is 0 Å². The number of hydrogen-bond acceptors (Lipinski definition) is 1. The molecule has 0 unspecified atom stereocenters. The molecule has 1 nitrogen and oxygen atoms in total. The Morgan fingerprint density at radius 2 is 1.69 bits per heavy atom. The minimum absolute atomic E-state index is 0.0954. The molecule has 0 aliphatic carbocycles. The van der Waals surface area contributed by atoms with Gasteiger partial charge in [0.15, 0.2) is 5.78 Å². The molecule has 0 saturated carbocycles.